The largest absolute Gasteiger partial charge is 0.478 e. The quantitative estimate of drug-likeness (QED) is 0.315. The number of hydrogen-bond donors (Lipinski definition) is 0. The van der Waals surface area contributed by atoms with Gasteiger partial charge in [0.25, 0.3) is 0 Å². The van der Waals surface area contributed by atoms with Gasteiger partial charge < -0.3 is 14.0 Å². The lowest BCUT2D eigenvalue weighted by Crippen LogP contribution is -2.38. The number of hydrogen-bond acceptors (Lipinski definition) is 4. The maximum atomic E-state index is 14.4. The summed E-state index contributed by atoms with van der Waals surface area (Å²) in [7, 11) is 0. The van der Waals surface area contributed by atoms with Crippen molar-refractivity contribution in [3.05, 3.63) is 83.9 Å². The van der Waals surface area contributed by atoms with E-state index in [1.54, 1.807) is 6.07 Å². The van der Waals surface area contributed by atoms with Crippen molar-refractivity contribution in [3.8, 4) is 29.2 Å². The first kappa shape index (κ1) is 24.1. The SMILES string of the molecule is C#CCOc1ccc(CCc2nc3cc(-c4ccccc4)ccc3n2CCN2CCOCC2)cc1F. The summed E-state index contributed by atoms with van der Waals surface area (Å²) in [6.45, 7) is 5.31. The highest BCUT2D eigenvalue weighted by Gasteiger charge is 2.16. The summed E-state index contributed by atoms with van der Waals surface area (Å²) in [6, 6.07) is 21.9. The minimum atomic E-state index is -0.393. The second-order valence-corrected chi connectivity index (χ2v) is 8.96. The van der Waals surface area contributed by atoms with Crippen molar-refractivity contribution in [2.24, 2.45) is 0 Å². The normalized spacial score (nSPS) is 14.1. The molecule has 3 aromatic carbocycles. The van der Waals surface area contributed by atoms with Crippen LogP contribution in [-0.4, -0.2) is 53.9 Å². The Hall–Kier alpha value is -3.66. The zero-order valence-electron chi connectivity index (χ0n) is 20.3. The molecular formula is C30H30FN3O2. The van der Waals surface area contributed by atoms with E-state index in [0.717, 1.165) is 67.4 Å². The van der Waals surface area contributed by atoms with Gasteiger partial charge in [0, 0.05) is 32.6 Å². The van der Waals surface area contributed by atoms with Crippen LogP contribution in [0, 0.1) is 18.2 Å². The molecule has 6 heteroatoms. The fourth-order valence-corrected chi connectivity index (χ4v) is 4.69. The molecule has 1 saturated heterocycles. The molecule has 0 radical (unpaired) electrons. The molecule has 184 valence electrons. The smallest absolute Gasteiger partial charge is 0.165 e. The van der Waals surface area contributed by atoms with Crippen LogP contribution in [0.3, 0.4) is 0 Å². The molecule has 2 heterocycles. The molecule has 1 fully saturated rings. The number of rotatable bonds is 9. The highest BCUT2D eigenvalue weighted by Crippen LogP contribution is 2.26. The van der Waals surface area contributed by atoms with Crippen LogP contribution >= 0.6 is 0 Å². The molecule has 1 aliphatic heterocycles. The van der Waals surface area contributed by atoms with Gasteiger partial charge in [-0.05, 0) is 47.4 Å². The van der Waals surface area contributed by atoms with Gasteiger partial charge in [0.1, 0.15) is 12.4 Å². The Morgan fingerprint density at radius 3 is 2.56 bits per heavy atom. The lowest BCUT2D eigenvalue weighted by Gasteiger charge is -2.27. The summed E-state index contributed by atoms with van der Waals surface area (Å²) >= 11 is 0. The molecule has 36 heavy (non-hydrogen) atoms. The first-order chi connectivity index (χ1) is 17.7. The Morgan fingerprint density at radius 1 is 0.944 bits per heavy atom. The Balaban J connectivity index is 1.39. The van der Waals surface area contributed by atoms with E-state index < -0.39 is 5.82 Å². The molecule has 0 amide bonds. The first-order valence-corrected chi connectivity index (χ1v) is 12.4. The molecule has 5 rings (SSSR count). The fourth-order valence-electron chi connectivity index (χ4n) is 4.69. The van der Waals surface area contributed by atoms with Crippen LogP contribution in [0.5, 0.6) is 5.75 Å². The van der Waals surface area contributed by atoms with E-state index in [2.05, 4.69) is 45.7 Å². The van der Waals surface area contributed by atoms with Crippen molar-refractivity contribution in [2.75, 3.05) is 39.5 Å². The molecule has 5 nitrogen and oxygen atoms in total. The van der Waals surface area contributed by atoms with Crippen LogP contribution in [0.2, 0.25) is 0 Å². The molecule has 0 spiro atoms. The summed E-state index contributed by atoms with van der Waals surface area (Å²) in [6.07, 6.45) is 6.60. The highest BCUT2D eigenvalue weighted by atomic mass is 19.1. The third-order valence-electron chi connectivity index (χ3n) is 6.62. The lowest BCUT2D eigenvalue weighted by atomic mass is 10.1. The third kappa shape index (κ3) is 5.59. The number of ether oxygens (including phenoxy) is 2. The zero-order valence-corrected chi connectivity index (χ0v) is 20.3. The summed E-state index contributed by atoms with van der Waals surface area (Å²) in [5.74, 6) is 3.16. The molecule has 0 bridgehead atoms. The van der Waals surface area contributed by atoms with Gasteiger partial charge in [-0.15, -0.1) is 6.42 Å². The van der Waals surface area contributed by atoms with Crippen LogP contribution < -0.4 is 4.74 Å². The summed E-state index contributed by atoms with van der Waals surface area (Å²) in [5, 5.41) is 0. The molecule has 0 N–H and O–H groups in total. The van der Waals surface area contributed by atoms with E-state index in [1.165, 1.54) is 11.6 Å². The summed E-state index contributed by atoms with van der Waals surface area (Å²) in [4.78, 5) is 7.47. The lowest BCUT2D eigenvalue weighted by molar-refractivity contribution is 0.0364. The molecule has 0 saturated carbocycles. The molecular weight excluding hydrogens is 453 g/mol. The van der Waals surface area contributed by atoms with Crippen molar-refractivity contribution >= 4 is 11.0 Å². The maximum Gasteiger partial charge on any atom is 0.165 e. The van der Waals surface area contributed by atoms with Crippen molar-refractivity contribution < 1.29 is 13.9 Å². The van der Waals surface area contributed by atoms with Crippen molar-refractivity contribution in [2.45, 2.75) is 19.4 Å². The second-order valence-electron chi connectivity index (χ2n) is 8.96. The number of benzene rings is 3. The van der Waals surface area contributed by atoms with Gasteiger partial charge in [0.15, 0.2) is 11.6 Å². The number of imidazole rings is 1. The third-order valence-corrected chi connectivity index (χ3v) is 6.62. The summed E-state index contributed by atoms with van der Waals surface area (Å²) in [5.41, 5.74) is 5.33. The number of terminal acetylenes is 1. The van der Waals surface area contributed by atoms with Gasteiger partial charge in [-0.25, -0.2) is 9.37 Å². The number of aromatic nitrogens is 2. The maximum absolute atomic E-state index is 14.4. The predicted molar refractivity (Wildman–Crippen MR) is 141 cm³/mol. The van der Waals surface area contributed by atoms with Gasteiger partial charge in [0.05, 0.1) is 24.2 Å². The van der Waals surface area contributed by atoms with E-state index in [-0.39, 0.29) is 12.4 Å². The molecule has 1 aliphatic rings. The fraction of sp³-hybridized carbons (Fsp3) is 0.300. The predicted octanol–water partition coefficient (Wildman–Crippen LogP) is 4.97. The van der Waals surface area contributed by atoms with Crippen LogP contribution in [0.1, 0.15) is 11.4 Å². The second kappa shape index (κ2) is 11.4. The van der Waals surface area contributed by atoms with E-state index in [1.807, 2.05) is 24.3 Å². The standard InChI is InChI=1S/C30H30FN3O2/c1-2-18-36-29-12-8-23(21-26(29)31)9-13-30-32-27-22-25(24-6-4-3-5-7-24)10-11-28(27)34(30)15-14-33-16-19-35-20-17-33/h1,3-8,10-12,21-22H,9,13-20H2. The number of fused-ring (bicyclic) bond motifs is 1. The number of halogens is 1. The number of morpholine rings is 1. The number of nitrogens with zero attached hydrogens (tertiary/aromatic N) is 3. The monoisotopic (exact) mass is 483 g/mol. The van der Waals surface area contributed by atoms with Crippen molar-refractivity contribution in [1.29, 1.82) is 0 Å². The molecule has 4 aromatic rings. The van der Waals surface area contributed by atoms with Crippen LogP contribution in [0.4, 0.5) is 4.39 Å². The Kier molecular flexibility index (Phi) is 7.61. The first-order valence-electron chi connectivity index (χ1n) is 12.4. The minimum absolute atomic E-state index is 0.0500. The average molecular weight is 484 g/mol. The molecule has 0 unspecified atom stereocenters. The van der Waals surface area contributed by atoms with Gasteiger partial charge >= 0.3 is 0 Å². The number of aryl methyl sites for hydroxylation is 2. The van der Waals surface area contributed by atoms with Gasteiger partial charge in [-0.2, -0.15) is 0 Å². The van der Waals surface area contributed by atoms with E-state index in [0.29, 0.717) is 12.8 Å². The van der Waals surface area contributed by atoms with Gasteiger partial charge in [-0.3, -0.25) is 4.90 Å². The van der Waals surface area contributed by atoms with Gasteiger partial charge in [0.2, 0.25) is 0 Å². The van der Waals surface area contributed by atoms with E-state index in [9.17, 15) is 4.39 Å². The Morgan fingerprint density at radius 2 is 1.78 bits per heavy atom. The Labute approximate surface area is 211 Å². The van der Waals surface area contributed by atoms with E-state index >= 15 is 0 Å². The summed E-state index contributed by atoms with van der Waals surface area (Å²) < 4.78 is 27.5. The molecule has 0 atom stereocenters. The molecule has 1 aromatic heterocycles. The van der Waals surface area contributed by atoms with E-state index in [4.69, 9.17) is 20.9 Å². The van der Waals surface area contributed by atoms with Crippen LogP contribution in [0.15, 0.2) is 66.7 Å². The zero-order chi connectivity index (χ0) is 24.7. The molecule has 0 aliphatic carbocycles. The van der Waals surface area contributed by atoms with Crippen molar-refractivity contribution in [3.63, 3.8) is 0 Å². The minimum Gasteiger partial charge on any atom is -0.478 e. The van der Waals surface area contributed by atoms with Gasteiger partial charge in [-0.1, -0.05) is 48.4 Å². The van der Waals surface area contributed by atoms with Crippen LogP contribution in [0.25, 0.3) is 22.2 Å². The Bertz CT molecular complexity index is 1350. The topological polar surface area (TPSA) is 39.5 Å². The average Bonchev–Trinajstić information content (AvgIpc) is 3.28. The van der Waals surface area contributed by atoms with Crippen LogP contribution in [-0.2, 0) is 24.1 Å². The van der Waals surface area contributed by atoms with Crippen molar-refractivity contribution in [1.82, 2.24) is 14.5 Å². The highest BCUT2D eigenvalue weighted by molar-refractivity contribution is 5.82.